The summed E-state index contributed by atoms with van der Waals surface area (Å²) in [4.78, 5) is 4.56. The molecule has 6 nitrogen and oxygen atoms in total. The normalized spacial score (nSPS) is 12.5. The number of furan rings is 2. The van der Waals surface area contributed by atoms with E-state index in [9.17, 15) is 0 Å². The Morgan fingerprint density at radius 1 is 0.295 bits per heavy atom. The van der Waals surface area contributed by atoms with Gasteiger partial charge in [-0.3, -0.25) is 0 Å². The first-order valence-corrected chi connectivity index (χ1v) is 20.5. The Morgan fingerprint density at radius 2 is 0.705 bits per heavy atom. The highest BCUT2D eigenvalue weighted by molar-refractivity contribution is 6.98. The summed E-state index contributed by atoms with van der Waals surface area (Å²) < 4.78 is 26.1. The van der Waals surface area contributed by atoms with Gasteiger partial charge in [-0.2, -0.15) is 0 Å². The summed E-state index contributed by atoms with van der Waals surface area (Å²) in [6.45, 7) is -0.0977. The van der Waals surface area contributed by atoms with E-state index in [0.29, 0.717) is 0 Å². The van der Waals surface area contributed by atoms with E-state index in [4.69, 9.17) is 18.3 Å². The van der Waals surface area contributed by atoms with Crippen molar-refractivity contribution in [1.82, 2.24) is 0 Å². The second kappa shape index (κ2) is 13.2. The first kappa shape index (κ1) is 33.8. The summed E-state index contributed by atoms with van der Waals surface area (Å²) >= 11 is 0. The molecule has 0 amide bonds. The summed E-state index contributed by atoms with van der Waals surface area (Å²) in [6, 6.07) is 69.5. The van der Waals surface area contributed by atoms with Gasteiger partial charge >= 0.3 is 0 Å². The van der Waals surface area contributed by atoms with Crippen LogP contribution in [-0.4, -0.2) is 6.71 Å². The van der Waals surface area contributed by atoms with Gasteiger partial charge in [-0.15, -0.1) is 0 Å². The van der Waals surface area contributed by atoms with E-state index in [2.05, 4.69) is 155 Å². The van der Waals surface area contributed by atoms with Crippen molar-refractivity contribution in [3.63, 3.8) is 0 Å². The molecule has 61 heavy (non-hydrogen) atoms. The predicted molar refractivity (Wildman–Crippen MR) is 248 cm³/mol. The Hall–Kier alpha value is -8.16. The molecule has 2 aliphatic heterocycles. The molecule has 11 aromatic rings. The van der Waals surface area contributed by atoms with Crippen LogP contribution in [0.1, 0.15) is 0 Å². The van der Waals surface area contributed by atoms with Crippen LogP contribution in [0, 0.1) is 0 Å². The number of hydrogen-bond acceptors (Lipinski definition) is 6. The van der Waals surface area contributed by atoms with Crippen LogP contribution < -0.4 is 35.7 Å². The molecule has 7 heteroatoms. The number of benzene rings is 9. The molecule has 13 rings (SSSR count). The molecular formula is C54H33BN2O4. The number of para-hydroxylation sites is 4. The minimum Gasteiger partial charge on any atom is -0.458 e. The zero-order valence-corrected chi connectivity index (χ0v) is 32.7. The van der Waals surface area contributed by atoms with Gasteiger partial charge in [0.2, 0.25) is 0 Å². The van der Waals surface area contributed by atoms with Crippen LogP contribution in [0.3, 0.4) is 0 Å². The summed E-state index contributed by atoms with van der Waals surface area (Å²) in [5, 5.41) is 4.33. The first-order chi connectivity index (χ1) is 30.2. The molecule has 0 saturated carbocycles. The lowest BCUT2D eigenvalue weighted by Crippen LogP contribution is -2.57. The third-order valence-electron chi connectivity index (χ3n) is 12.2. The third-order valence-corrected chi connectivity index (χ3v) is 12.2. The zero-order chi connectivity index (χ0) is 40.0. The average Bonchev–Trinajstić information content (AvgIpc) is 3.88. The quantitative estimate of drug-likeness (QED) is 0.157. The lowest BCUT2D eigenvalue weighted by molar-refractivity contribution is 0.464. The van der Waals surface area contributed by atoms with E-state index in [1.807, 2.05) is 54.6 Å². The van der Waals surface area contributed by atoms with Crippen molar-refractivity contribution in [2.75, 3.05) is 9.80 Å². The maximum Gasteiger partial charge on any atom is 0.260 e. The summed E-state index contributed by atoms with van der Waals surface area (Å²) in [6.07, 6.45) is 0. The Bertz CT molecular complexity index is 3300. The van der Waals surface area contributed by atoms with E-state index in [0.717, 1.165) is 117 Å². The van der Waals surface area contributed by atoms with Crippen molar-refractivity contribution < 1.29 is 18.3 Å². The zero-order valence-electron chi connectivity index (χ0n) is 32.7. The van der Waals surface area contributed by atoms with E-state index in [1.165, 1.54) is 0 Å². The van der Waals surface area contributed by atoms with Crippen LogP contribution in [0.25, 0.3) is 43.9 Å². The molecule has 2 aromatic heterocycles. The largest absolute Gasteiger partial charge is 0.458 e. The van der Waals surface area contributed by atoms with Gasteiger partial charge in [0.25, 0.3) is 6.71 Å². The number of rotatable bonds is 6. The average molecular weight is 785 g/mol. The maximum absolute atomic E-state index is 6.82. The number of nitrogens with zero attached hydrogens (tertiary/aromatic N) is 2. The molecule has 0 aliphatic carbocycles. The summed E-state index contributed by atoms with van der Waals surface area (Å²) in [5.74, 6) is 3.22. The fraction of sp³-hybridized carbons (Fsp3) is 0. The van der Waals surface area contributed by atoms with Gasteiger partial charge in [-0.1, -0.05) is 91.0 Å². The number of hydrogen-bond donors (Lipinski definition) is 0. The van der Waals surface area contributed by atoms with Crippen LogP contribution in [0.5, 0.6) is 23.0 Å². The van der Waals surface area contributed by atoms with Crippen LogP contribution in [-0.2, 0) is 0 Å². The Kier molecular flexibility index (Phi) is 7.30. The van der Waals surface area contributed by atoms with Gasteiger partial charge < -0.3 is 28.1 Å². The highest BCUT2D eigenvalue weighted by Crippen LogP contribution is 2.44. The minimum atomic E-state index is -0.0977. The number of ether oxygens (including phenoxy) is 2. The third kappa shape index (κ3) is 5.30. The predicted octanol–water partition coefficient (Wildman–Crippen LogP) is 13.2. The second-order valence-corrected chi connectivity index (χ2v) is 15.6. The standard InChI is InChI=1S/C54H33BN2O4/c1-3-12-34(13-4-1)56(36-24-28-48-42(30-36)40-16-7-9-18-46(40)58-48)38-22-26-44-52(32-38)60-50-20-11-21-51-54(50)55(44)45-27-23-39(33-53(45)61-51)57(35-14-5-2-6-15-35)37-25-29-49-43(31-37)41-17-8-10-19-47(41)59-49/h1-33H. The molecule has 0 bridgehead atoms. The molecule has 0 radical (unpaired) electrons. The second-order valence-electron chi connectivity index (χ2n) is 15.6. The molecule has 0 spiro atoms. The Morgan fingerprint density at radius 3 is 1.20 bits per heavy atom. The number of fused-ring (bicyclic) bond motifs is 10. The Labute approximate surface area is 351 Å². The molecule has 2 aliphatic rings. The smallest absolute Gasteiger partial charge is 0.260 e. The van der Waals surface area contributed by atoms with E-state index in [1.54, 1.807) is 0 Å². The topological polar surface area (TPSA) is 51.2 Å². The van der Waals surface area contributed by atoms with Gasteiger partial charge in [0.15, 0.2) is 0 Å². The lowest BCUT2D eigenvalue weighted by atomic mass is 9.35. The fourth-order valence-electron chi connectivity index (χ4n) is 9.43. The van der Waals surface area contributed by atoms with Crippen molar-refractivity contribution >= 4 is 101 Å². The first-order valence-electron chi connectivity index (χ1n) is 20.5. The van der Waals surface area contributed by atoms with Gasteiger partial charge in [-0.25, -0.2) is 0 Å². The fourth-order valence-corrected chi connectivity index (χ4v) is 9.43. The van der Waals surface area contributed by atoms with Crippen molar-refractivity contribution in [2.24, 2.45) is 0 Å². The maximum atomic E-state index is 6.82. The molecular weight excluding hydrogens is 751 g/mol. The molecule has 0 unspecified atom stereocenters. The van der Waals surface area contributed by atoms with Gasteiger partial charge in [-0.05, 0) is 108 Å². The number of anilines is 6. The highest BCUT2D eigenvalue weighted by Gasteiger charge is 2.40. The van der Waals surface area contributed by atoms with Gasteiger partial charge in [0, 0.05) is 73.3 Å². The molecule has 9 aromatic carbocycles. The van der Waals surface area contributed by atoms with Crippen molar-refractivity contribution in [1.29, 1.82) is 0 Å². The molecule has 0 fully saturated rings. The van der Waals surface area contributed by atoms with Crippen LogP contribution in [0.15, 0.2) is 209 Å². The Balaban J connectivity index is 0.935. The summed E-state index contributed by atoms with van der Waals surface area (Å²) in [5.41, 5.74) is 12.8. The van der Waals surface area contributed by atoms with Gasteiger partial charge in [0.05, 0.1) is 0 Å². The lowest BCUT2D eigenvalue weighted by Gasteiger charge is -2.34. The van der Waals surface area contributed by atoms with Gasteiger partial charge in [0.1, 0.15) is 45.3 Å². The summed E-state index contributed by atoms with van der Waals surface area (Å²) in [7, 11) is 0. The molecule has 286 valence electrons. The SMILES string of the molecule is c1ccc(N(c2ccc3c(c2)Oc2cccc4c2B3c2ccc(N(c3ccccc3)c3ccc5oc6ccccc6c5c3)cc2O4)c2ccc3oc4ccccc4c3c2)cc1. The van der Waals surface area contributed by atoms with E-state index in [-0.39, 0.29) is 6.71 Å². The molecule has 4 heterocycles. The van der Waals surface area contributed by atoms with Crippen molar-refractivity contribution in [3.05, 3.63) is 200 Å². The molecule has 0 saturated heterocycles. The van der Waals surface area contributed by atoms with Crippen LogP contribution in [0.4, 0.5) is 34.1 Å². The van der Waals surface area contributed by atoms with E-state index >= 15 is 0 Å². The van der Waals surface area contributed by atoms with Crippen LogP contribution >= 0.6 is 0 Å². The van der Waals surface area contributed by atoms with Crippen molar-refractivity contribution in [2.45, 2.75) is 0 Å². The highest BCUT2D eigenvalue weighted by atomic mass is 16.5. The van der Waals surface area contributed by atoms with Crippen molar-refractivity contribution in [3.8, 4) is 23.0 Å². The van der Waals surface area contributed by atoms with Crippen LogP contribution in [0.2, 0.25) is 0 Å². The minimum absolute atomic E-state index is 0.0977. The van der Waals surface area contributed by atoms with E-state index < -0.39 is 0 Å². The molecule has 0 atom stereocenters. The monoisotopic (exact) mass is 784 g/mol. The molecule has 0 N–H and O–H groups in total.